The van der Waals surface area contributed by atoms with E-state index in [0.29, 0.717) is 0 Å². The fourth-order valence-corrected chi connectivity index (χ4v) is 9.16. The molecule has 0 unspecified atom stereocenters. The second-order valence-corrected chi connectivity index (χ2v) is 11.3. The van der Waals surface area contributed by atoms with Crippen molar-refractivity contribution in [2.45, 2.75) is 0 Å². The first kappa shape index (κ1) is 16.9. The first-order chi connectivity index (χ1) is 15.4. The smallest absolute Gasteiger partial charge is 0.350 e. The van der Waals surface area contributed by atoms with Gasteiger partial charge in [0.2, 0.25) is 5.88 Å². The van der Waals surface area contributed by atoms with E-state index in [9.17, 15) is 0 Å². The minimum absolute atomic E-state index is 0.823. The molecule has 7 rings (SSSR count). The van der Waals surface area contributed by atoms with Gasteiger partial charge in [-0.1, -0.05) is 103 Å². The number of para-hydroxylation sites is 1. The molecular weight excluding hydrogens is 396 g/mol. The van der Waals surface area contributed by atoms with E-state index < -0.39 is 8.32 Å². The third kappa shape index (κ3) is 2.09. The number of imidazole rings is 1. The molecule has 0 spiro atoms. The van der Waals surface area contributed by atoms with Crippen molar-refractivity contribution >= 4 is 51.2 Å². The van der Waals surface area contributed by atoms with Crippen LogP contribution in [0, 0.1) is 0 Å². The summed E-state index contributed by atoms with van der Waals surface area (Å²) in [5.41, 5.74) is 2.17. The molecule has 4 heteroatoms. The van der Waals surface area contributed by atoms with Gasteiger partial charge in [0.15, 0.2) is 0 Å². The van der Waals surface area contributed by atoms with Gasteiger partial charge < -0.3 is 4.43 Å². The fourth-order valence-electron chi connectivity index (χ4n) is 5.17. The molecule has 3 nitrogen and oxygen atoms in total. The summed E-state index contributed by atoms with van der Waals surface area (Å²) in [6.45, 7) is 0. The van der Waals surface area contributed by atoms with Crippen LogP contribution in [0.5, 0.6) is 5.88 Å². The van der Waals surface area contributed by atoms with Crippen molar-refractivity contribution in [2.75, 3.05) is 0 Å². The molecule has 3 heterocycles. The maximum absolute atomic E-state index is 7.08. The number of benzene rings is 4. The lowest BCUT2D eigenvalue weighted by Gasteiger charge is -2.37. The standard InChI is InChI=1S/C27H18N2OSi/c1-3-10-19(11-4-1)31(20-12-5-2-6-13-20)24-17-9-16-22-21-14-7-8-15-23(21)27-28-18-25(30-31)29(27)26(22)24/h1-18H. The molecule has 0 amide bonds. The highest BCUT2D eigenvalue weighted by Gasteiger charge is 2.48. The molecule has 146 valence electrons. The maximum Gasteiger partial charge on any atom is 0.350 e. The first-order valence-electron chi connectivity index (χ1n) is 10.5. The van der Waals surface area contributed by atoms with Crippen LogP contribution < -0.4 is 20.0 Å². The number of hydrogen-bond acceptors (Lipinski definition) is 2. The van der Waals surface area contributed by atoms with Crippen LogP contribution in [0.25, 0.3) is 27.3 Å². The lowest BCUT2D eigenvalue weighted by molar-refractivity contribution is 0.544. The molecule has 4 aromatic carbocycles. The van der Waals surface area contributed by atoms with Gasteiger partial charge in [0.05, 0.1) is 11.7 Å². The molecule has 0 aliphatic carbocycles. The lowest BCUT2D eigenvalue weighted by Crippen LogP contribution is -2.72. The molecular formula is C27H18N2OSi. The van der Waals surface area contributed by atoms with E-state index in [1.165, 1.54) is 31.8 Å². The topological polar surface area (TPSA) is 26.5 Å². The minimum Gasteiger partial charge on any atom is -0.517 e. The molecule has 0 saturated carbocycles. The van der Waals surface area contributed by atoms with E-state index >= 15 is 0 Å². The molecule has 31 heavy (non-hydrogen) atoms. The highest BCUT2D eigenvalue weighted by atomic mass is 28.4. The Bertz CT molecular complexity index is 1570. The summed E-state index contributed by atoms with van der Waals surface area (Å²) >= 11 is 0. The third-order valence-electron chi connectivity index (χ3n) is 6.44. The van der Waals surface area contributed by atoms with E-state index in [-0.39, 0.29) is 0 Å². The monoisotopic (exact) mass is 414 g/mol. The summed E-state index contributed by atoms with van der Waals surface area (Å²) in [7, 11) is -2.77. The van der Waals surface area contributed by atoms with Crippen LogP contribution in [-0.2, 0) is 0 Å². The molecule has 6 aromatic rings. The maximum atomic E-state index is 7.08. The number of pyridine rings is 1. The highest BCUT2D eigenvalue weighted by Crippen LogP contribution is 2.35. The Hall–Kier alpha value is -3.89. The average Bonchev–Trinajstić information content (AvgIpc) is 3.29. The van der Waals surface area contributed by atoms with Gasteiger partial charge in [-0.15, -0.1) is 0 Å². The Morgan fingerprint density at radius 2 is 1.23 bits per heavy atom. The van der Waals surface area contributed by atoms with Crippen LogP contribution in [0.15, 0.2) is 109 Å². The van der Waals surface area contributed by atoms with Crippen molar-refractivity contribution in [3.8, 4) is 5.88 Å². The lowest BCUT2D eigenvalue weighted by atomic mass is 10.1. The second kappa shape index (κ2) is 6.06. The first-order valence-corrected chi connectivity index (χ1v) is 12.4. The van der Waals surface area contributed by atoms with Crippen molar-refractivity contribution in [3.05, 3.63) is 109 Å². The molecule has 0 N–H and O–H groups in total. The van der Waals surface area contributed by atoms with Crippen molar-refractivity contribution < 1.29 is 4.43 Å². The molecule has 0 atom stereocenters. The Labute approximate surface area is 180 Å². The van der Waals surface area contributed by atoms with E-state index in [1.807, 2.05) is 6.20 Å². The zero-order valence-electron chi connectivity index (χ0n) is 16.7. The van der Waals surface area contributed by atoms with Crippen molar-refractivity contribution in [3.63, 3.8) is 0 Å². The largest absolute Gasteiger partial charge is 0.517 e. The third-order valence-corrected chi connectivity index (χ3v) is 10.4. The quantitative estimate of drug-likeness (QED) is 0.316. The zero-order valence-corrected chi connectivity index (χ0v) is 17.7. The van der Waals surface area contributed by atoms with Gasteiger partial charge in [-0.3, -0.25) is 4.40 Å². The van der Waals surface area contributed by atoms with Crippen LogP contribution in [0.3, 0.4) is 0 Å². The van der Waals surface area contributed by atoms with Gasteiger partial charge in [0.1, 0.15) is 5.65 Å². The molecule has 0 saturated heterocycles. The van der Waals surface area contributed by atoms with Crippen LogP contribution in [0.4, 0.5) is 0 Å². The van der Waals surface area contributed by atoms with Gasteiger partial charge >= 0.3 is 8.32 Å². The summed E-state index contributed by atoms with van der Waals surface area (Å²) in [4.78, 5) is 4.81. The van der Waals surface area contributed by atoms with E-state index in [4.69, 9.17) is 9.41 Å². The summed E-state index contributed by atoms with van der Waals surface area (Å²) in [6.07, 6.45) is 1.89. The average molecular weight is 415 g/mol. The Kier molecular flexibility index (Phi) is 3.30. The Morgan fingerprint density at radius 1 is 0.613 bits per heavy atom. The van der Waals surface area contributed by atoms with Crippen LogP contribution in [0.1, 0.15) is 0 Å². The van der Waals surface area contributed by atoms with Crippen LogP contribution >= 0.6 is 0 Å². The normalized spacial score (nSPS) is 14.3. The minimum atomic E-state index is -2.77. The number of fused-ring (bicyclic) bond motifs is 3. The summed E-state index contributed by atoms with van der Waals surface area (Å²) in [5.74, 6) is 0.823. The van der Waals surface area contributed by atoms with E-state index in [0.717, 1.165) is 16.9 Å². The molecule has 1 aliphatic heterocycles. The van der Waals surface area contributed by atoms with Gasteiger partial charge in [-0.05, 0) is 15.8 Å². The second-order valence-electron chi connectivity index (χ2n) is 8.02. The predicted molar refractivity (Wildman–Crippen MR) is 128 cm³/mol. The zero-order chi connectivity index (χ0) is 20.4. The number of nitrogens with zero attached hydrogens (tertiary/aromatic N) is 2. The van der Waals surface area contributed by atoms with Crippen LogP contribution in [-0.4, -0.2) is 17.7 Å². The fraction of sp³-hybridized carbons (Fsp3) is 0. The molecule has 0 fully saturated rings. The summed E-state index contributed by atoms with van der Waals surface area (Å²) in [5, 5.41) is 7.37. The van der Waals surface area contributed by atoms with E-state index in [1.54, 1.807) is 0 Å². The van der Waals surface area contributed by atoms with Gasteiger partial charge in [-0.25, -0.2) is 4.98 Å². The summed E-state index contributed by atoms with van der Waals surface area (Å²) in [6, 6.07) is 36.6. The number of aromatic nitrogens is 2. The van der Waals surface area contributed by atoms with Crippen molar-refractivity contribution in [1.82, 2.24) is 9.38 Å². The van der Waals surface area contributed by atoms with Crippen LogP contribution in [0.2, 0.25) is 0 Å². The van der Waals surface area contributed by atoms with Gasteiger partial charge in [0, 0.05) is 16.0 Å². The molecule has 2 aromatic heterocycles. The van der Waals surface area contributed by atoms with Gasteiger partial charge in [-0.2, -0.15) is 0 Å². The van der Waals surface area contributed by atoms with Gasteiger partial charge in [0.25, 0.3) is 0 Å². The molecule has 0 bridgehead atoms. The van der Waals surface area contributed by atoms with Crippen molar-refractivity contribution in [1.29, 1.82) is 0 Å². The number of hydrogen-bond donors (Lipinski definition) is 0. The van der Waals surface area contributed by atoms with Crippen molar-refractivity contribution in [2.24, 2.45) is 0 Å². The highest BCUT2D eigenvalue weighted by molar-refractivity contribution is 7.08. The molecule has 0 radical (unpaired) electrons. The predicted octanol–water partition coefficient (Wildman–Crippen LogP) is 4.00. The molecule has 1 aliphatic rings. The SMILES string of the molecule is c1ccc([Si]2(c3ccccc3)Oc3cnc4c5ccccc5c5cccc2c5n34)cc1. The Balaban J connectivity index is 1.73. The Morgan fingerprint density at radius 3 is 1.94 bits per heavy atom. The summed E-state index contributed by atoms with van der Waals surface area (Å²) < 4.78 is 9.29. The van der Waals surface area contributed by atoms with E-state index in [2.05, 4.69) is 108 Å². The number of rotatable bonds is 2.